The molecule has 4 aromatic rings. The van der Waals surface area contributed by atoms with Gasteiger partial charge in [0, 0.05) is 48.4 Å². The van der Waals surface area contributed by atoms with Gasteiger partial charge < -0.3 is 18.9 Å². The van der Waals surface area contributed by atoms with Crippen molar-refractivity contribution in [2.45, 2.75) is 45.6 Å². The zero-order valence-electron chi connectivity index (χ0n) is 19.0. The maximum absolute atomic E-state index is 14.4. The second kappa shape index (κ2) is 9.56. The first-order valence-electron chi connectivity index (χ1n) is 11.5. The summed E-state index contributed by atoms with van der Waals surface area (Å²) in [4.78, 5) is 2.29. The van der Waals surface area contributed by atoms with E-state index in [-0.39, 0.29) is 24.8 Å². The van der Waals surface area contributed by atoms with E-state index in [1.165, 1.54) is 18.2 Å². The summed E-state index contributed by atoms with van der Waals surface area (Å²) in [6.07, 6.45) is 3.20. The number of aromatic nitrogens is 2. The minimum absolute atomic E-state index is 0.0359. The molecule has 0 atom stereocenters. The lowest BCUT2D eigenvalue weighted by atomic mass is 10.1. The Bertz CT molecular complexity index is 1270. The Kier molecular flexibility index (Phi) is 6.34. The third-order valence-corrected chi connectivity index (χ3v) is 6.34. The van der Waals surface area contributed by atoms with Gasteiger partial charge in [-0.25, -0.2) is 8.78 Å². The van der Waals surface area contributed by atoms with E-state index in [9.17, 15) is 13.9 Å². The van der Waals surface area contributed by atoms with Crippen molar-refractivity contribution in [3.8, 4) is 5.75 Å². The lowest BCUT2D eigenvalue weighted by Crippen LogP contribution is -2.35. The topological polar surface area (TPSA) is 63.7 Å². The number of aliphatic hydroxyl groups excluding tert-OH is 1. The first-order chi connectivity index (χ1) is 16.5. The van der Waals surface area contributed by atoms with Crippen LogP contribution in [-0.4, -0.2) is 38.9 Å². The van der Waals surface area contributed by atoms with Gasteiger partial charge in [-0.3, -0.25) is 4.90 Å². The minimum atomic E-state index is -0.559. The Morgan fingerprint density at radius 1 is 1.09 bits per heavy atom. The second-order valence-electron chi connectivity index (χ2n) is 8.89. The van der Waals surface area contributed by atoms with Gasteiger partial charge >= 0.3 is 0 Å². The number of likely N-dealkylation sites (tertiary alicyclic amines) is 1. The van der Waals surface area contributed by atoms with E-state index in [1.807, 2.05) is 42.0 Å². The molecule has 6 nitrogen and oxygen atoms in total. The molecular weight excluding hydrogens is 440 g/mol. The van der Waals surface area contributed by atoms with Crippen molar-refractivity contribution < 1.29 is 23.1 Å². The van der Waals surface area contributed by atoms with Crippen LogP contribution in [0.1, 0.15) is 35.4 Å². The van der Waals surface area contributed by atoms with Crippen molar-refractivity contribution in [3.05, 3.63) is 82.9 Å². The van der Waals surface area contributed by atoms with Crippen molar-refractivity contribution in [2.75, 3.05) is 13.1 Å². The normalized spacial score (nSPS) is 15.3. The summed E-state index contributed by atoms with van der Waals surface area (Å²) < 4.78 is 41.6. The molecule has 0 unspecified atom stereocenters. The molecular formula is C26H27F2N3O3. The van der Waals surface area contributed by atoms with Gasteiger partial charge in [-0.2, -0.15) is 0 Å². The Morgan fingerprint density at radius 2 is 1.85 bits per heavy atom. The molecule has 0 saturated carbocycles. The maximum Gasteiger partial charge on any atom is 0.134 e. The standard InChI is InChI=1S/C26H27F2N3O3/c1-17-11-19(29-34-17)16-33-21-5-6-26-22(12-21)18(13-30-9-7-20(32)8-10-30)14-31(26)15-23-24(27)3-2-4-25(23)28/h2-6,11-12,14,20,32H,7-10,13,15-16H2,1H3. The Balaban J connectivity index is 1.46. The van der Waals surface area contributed by atoms with E-state index < -0.39 is 11.6 Å². The van der Waals surface area contributed by atoms with Crippen LogP contribution in [0, 0.1) is 18.6 Å². The molecule has 1 N–H and O–H groups in total. The monoisotopic (exact) mass is 467 g/mol. The lowest BCUT2D eigenvalue weighted by molar-refractivity contribution is 0.0794. The Hall–Kier alpha value is -3.23. The summed E-state index contributed by atoms with van der Waals surface area (Å²) in [5.74, 6) is 0.284. The summed E-state index contributed by atoms with van der Waals surface area (Å²) in [5, 5.41) is 14.8. The van der Waals surface area contributed by atoms with Gasteiger partial charge in [0.1, 0.15) is 35.4 Å². The fourth-order valence-corrected chi connectivity index (χ4v) is 4.51. The zero-order valence-corrected chi connectivity index (χ0v) is 19.0. The summed E-state index contributed by atoms with van der Waals surface area (Å²) in [6.45, 7) is 4.49. The molecule has 0 bridgehead atoms. The molecule has 2 aromatic carbocycles. The zero-order chi connectivity index (χ0) is 23.7. The molecule has 5 rings (SSSR count). The summed E-state index contributed by atoms with van der Waals surface area (Å²) in [7, 11) is 0. The number of rotatable bonds is 7. The van der Waals surface area contributed by atoms with E-state index in [1.54, 1.807) is 0 Å². The van der Waals surface area contributed by atoms with Crippen LogP contribution in [0.4, 0.5) is 8.78 Å². The van der Waals surface area contributed by atoms with Crippen molar-refractivity contribution in [1.29, 1.82) is 0 Å². The van der Waals surface area contributed by atoms with Gasteiger partial charge in [-0.05, 0) is 55.7 Å². The number of halogens is 2. The van der Waals surface area contributed by atoms with Crippen LogP contribution in [-0.2, 0) is 19.7 Å². The molecule has 3 heterocycles. The summed E-state index contributed by atoms with van der Waals surface area (Å²) in [6, 6.07) is 11.5. The minimum Gasteiger partial charge on any atom is -0.487 e. The first-order valence-corrected chi connectivity index (χ1v) is 11.5. The second-order valence-corrected chi connectivity index (χ2v) is 8.89. The van der Waals surface area contributed by atoms with Crippen LogP contribution in [0.5, 0.6) is 5.75 Å². The number of benzene rings is 2. The van der Waals surface area contributed by atoms with Crippen molar-refractivity contribution in [1.82, 2.24) is 14.6 Å². The molecule has 0 aliphatic carbocycles. The van der Waals surface area contributed by atoms with Crippen LogP contribution >= 0.6 is 0 Å². The van der Waals surface area contributed by atoms with Gasteiger partial charge in [0.25, 0.3) is 0 Å². The van der Waals surface area contributed by atoms with E-state index in [0.717, 1.165) is 48.2 Å². The molecule has 1 aliphatic rings. The highest BCUT2D eigenvalue weighted by molar-refractivity contribution is 5.85. The molecule has 1 saturated heterocycles. The molecule has 1 fully saturated rings. The molecule has 178 valence electrons. The highest BCUT2D eigenvalue weighted by Gasteiger charge is 2.20. The van der Waals surface area contributed by atoms with Crippen molar-refractivity contribution in [2.24, 2.45) is 0 Å². The third-order valence-electron chi connectivity index (χ3n) is 6.34. The molecule has 0 spiro atoms. The lowest BCUT2D eigenvalue weighted by Gasteiger charge is -2.29. The number of aliphatic hydroxyl groups is 1. The smallest absolute Gasteiger partial charge is 0.134 e. The van der Waals surface area contributed by atoms with Gasteiger partial charge in [-0.15, -0.1) is 0 Å². The molecule has 2 aromatic heterocycles. The van der Waals surface area contributed by atoms with Gasteiger partial charge in [0.05, 0.1) is 12.6 Å². The SMILES string of the molecule is Cc1cc(COc2ccc3c(c2)c(CN2CCC(O)CC2)cn3Cc2c(F)cccc2F)no1. The van der Waals surface area contributed by atoms with Crippen molar-refractivity contribution >= 4 is 10.9 Å². The molecule has 0 amide bonds. The molecule has 0 radical (unpaired) electrons. The number of hydrogen-bond donors (Lipinski definition) is 1. The van der Waals surface area contributed by atoms with Crippen LogP contribution in [0.3, 0.4) is 0 Å². The number of ether oxygens (including phenoxy) is 1. The largest absolute Gasteiger partial charge is 0.487 e. The summed E-state index contributed by atoms with van der Waals surface area (Å²) in [5.41, 5.74) is 2.66. The number of hydrogen-bond acceptors (Lipinski definition) is 5. The van der Waals surface area contributed by atoms with Gasteiger partial charge in [0.2, 0.25) is 0 Å². The molecule has 1 aliphatic heterocycles. The predicted molar refractivity (Wildman–Crippen MR) is 123 cm³/mol. The Morgan fingerprint density at radius 3 is 2.56 bits per heavy atom. The van der Waals surface area contributed by atoms with Crippen LogP contribution in [0.2, 0.25) is 0 Å². The number of aryl methyl sites for hydroxylation is 1. The molecule has 34 heavy (non-hydrogen) atoms. The third kappa shape index (κ3) is 4.83. The first kappa shape index (κ1) is 22.6. The maximum atomic E-state index is 14.4. The van der Waals surface area contributed by atoms with Crippen molar-refractivity contribution in [3.63, 3.8) is 0 Å². The fourth-order valence-electron chi connectivity index (χ4n) is 4.51. The van der Waals surface area contributed by atoms with E-state index in [4.69, 9.17) is 9.26 Å². The quantitative estimate of drug-likeness (QED) is 0.423. The van der Waals surface area contributed by atoms with Crippen LogP contribution in [0.25, 0.3) is 10.9 Å². The fraction of sp³-hybridized carbons (Fsp3) is 0.346. The number of nitrogens with zero attached hydrogens (tertiary/aromatic N) is 3. The van der Waals surface area contributed by atoms with Crippen LogP contribution < -0.4 is 4.74 Å². The predicted octanol–water partition coefficient (Wildman–Crippen LogP) is 4.80. The van der Waals surface area contributed by atoms with E-state index in [0.29, 0.717) is 18.0 Å². The van der Waals surface area contributed by atoms with E-state index in [2.05, 4.69) is 10.1 Å². The summed E-state index contributed by atoms with van der Waals surface area (Å²) >= 11 is 0. The Labute approximate surface area is 196 Å². The average molecular weight is 468 g/mol. The highest BCUT2D eigenvalue weighted by atomic mass is 19.1. The van der Waals surface area contributed by atoms with Gasteiger partial charge in [0.15, 0.2) is 0 Å². The van der Waals surface area contributed by atoms with Gasteiger partial charge in [-0.1, -0.05) is 11.2 Å². The average Bonchev–Trinajstić information content (AvgIpc) is 3.39. The highest BCUT2D eigenvalue weighted by Crippen LogP contribution is 2.30. The number of piperidine rings is 1. The molecule has 8 heteroatoms. The van der Waals surface area contributed by atoms with Crippen LogP contribution in [0.15, 0.2) is 53.2 Å². The van der Waals surface area contributed by atoms with E-state index >= 15 is 0 Å². The number of fused-ring (bicyclic) bond motifs is 1.